The normalized spacial score (nSPS) is 13.4. The number of hydrogen-bond acceptors (Lipinski definition) is 2. The molecular formula is C8H11BrO2. The van der Waals surface area contributed by atoms with Crippen molar-refractivity contribution in [1.29, 1.82) is 0 Å². The molecule has 0 fully saturated rings. The second-order valence-electron chi connectivity index (χ2n) is 2.65. The van der Waals surface area contributed by atoms with E-state index in [1.807, 2.05) is 6.07 Å². The molecular weight excluding hydrogens is 208 g/mol. The zero-order valence-electron chi connectivity index (χ0n) is 6.38. The summed E-state index contributed by atoms with van der Waals surface area (Å²) in [4.78, 5) is 0. The molecule has 0 amide bonds. The molecule has 11 heavy (non-hydrogen) atoms. The summed E-state index contributed by atoms with van der Waals surface area (Å²) < 4.78 is 5.78. The molecule has 0 bridgehead atoms. The summed E-state index contributed by atoms with van der Waals surface area (Å²) in [5, 5.41) is 8.98. The number of aliphatic hydroxyl groups is 1. The highest BCUT2D eigenvalue weighted by Crippen LogP contribution is 2.15. The molecule has 1 aromatic rings. The van der Waals surface area contributed by atoms with E-state index in [1.165, 1.54) is 0 Å². The standard InChI is InChI=1S/C8H11BrO2/c1-6(10)2-3-7-4-8(9)11-5-7/h4-6,10H,2-3H2,1H3. The van der Waals surface area contributed by atoms with Gasteiger partial charge in [-0.05, 0) is 47.3 Å². The van der Waals surface area contributed by atoms with Gasteiger partial charge in [0.05, 0.1) is 12.4 Å². The van der Waals surface area contributed by atoms with Gasteiger partial charge in [0.15, 0.2) is 4.67 Å². The van der Waals surface area contributed by atoms with Crippen LogP contribution in [0, 0.1) is 0 Å². The van der Waals surface area contributed by atoms with Crippen LogP contribution in [0.15, 0.2) is 21.4 Å². The first-order valence-corrected chi connectivity index (χ1v) is 4.39. The summed E-state index contributed by atoms with van der Waals surface area (Å²) in [5.41, 5.74) is 1.12. The predicted octanol–water partition coefficient (Wildman–Crippen LogP) is 2.36. The SMILES string of the molecule is CC(O)CCc1coc(Br)c1. The summed E-state index contributed by atoms with van der Waals surface area (Å²) in [7, 11) is 0. The van der Waals surface area contributed by atoms with E-state index in [2.05, 4.69) is 15.9 Å². The average Bonchev–Trinajstić information content (AvgIpc) is 2.31. The van der Waals surface area contributed by atoms with Gasteiger partial charge in [0.25, 0.3) is 0 Å². The quantitative estimate of drug-likeness (QED) is 0.846. The lowest BCUT2D eigenvalue weighted by Gasteiger charge is -1.99. The molecule has 1 atom stereocenters. The van der Waals surface area contributed by atoms with Crippen molar-refractivity contribution in [3.05, 3.63) is 22.6 Å². The van der Waals surface area contributed by atoms with Gasteiger partial charge in [-0.2, -0.15) is 0 Å². The maximum Gasteiger partial charge on any atom is 0.169 e. The fourth-order valence-corrected chi connectivity index (χ4v) is 1.24. The Morgan fingerprint density at radius 1 is 1.73 bits per heavy atom. The third-order valence-corrected chi connectivity index (χ3v) is 1.89. The summed E-state index contributed by atoms with van der Waals surface area (Å²) >= 11 is 3.21. The lowest BCUT2D eigenvalue weighted by Crippen LogP contribution is -2.00. The number of aliphatic hydroxyl groups excluding tert-OH is 1. The molecule has 0 aromatic carbocycles. The van der Waals surface area contributed by atoms with Gasteiger partial charge < -0.3 is 9.52 Å². The van der Waals surface area contributed by atoms with Crippen molar-refractivity contribution in [2.24, 2.45) is 0 Å². The van der Waals surface area contributed by atoms with E-state index in [4.69, 9.17) is 9.52 Å². The lowest BCUT2D eigenvalue weighted by atomic mass is 10.1. The smallest absolute Gasteiger partial charge is 0.169 e. The Bertz CT molecular complexity index is 218. The maximum atomic E-state index is 8.98. The number of rotatable bonds is 3. The molecule has 1 heterocycles. The Labute approximate surface area is 74.3 Å². The lowest BCUT2D eigenvalue weighted by molar-refractivity contribution is 0.185. The van der Waals surface area contributed by atoms with E-state index in [0.29, 0.717) is 0 Å². The van der Waals surface area contributed by atoms with Gasteiger partial charge in [0.1, 0.15) is 0 Å². The largest absolute Gasteiger partial charge is 0.457 e. The van der Waals surface area contributed by atoms with Crippen molar-refractivity contribution in [2.75, 3.05) is 0 Å². The van der Waals surface area contributed by atoms with Crippen LogP contribution in [0.5, 0.6) is 0 Å². The number of aryl methyl sites for hydroxylation is 1. The van der Waals surface area contributed by atoms with Crippen molar-refractivity contribution in [2.45, 2.75) is 25.9 Å². The van der Waals surface area contributed by atoms with E-state index >= 15 is 0 Å². The Balaban J connectivity index is 2.39. The number of furan rings is 1. The molecule has 0 aliphatic carbocycles. The van der Waals surface area contributed by atoms with Gasteiger partial charge >= 0.3 is 0 Å². The Kier molecular flexibility index (Phi) is 3.15. The first-order valence-electron chi connectivity index (χ1n) is 3.59. The van der Waals surface area contributed by atoms with Crippen LogP contribution in [-0.2, 0) is 6.42 Å². The van der Waals surface area contributed by atoms with Crippen LogP contribution in [-0.4, -0.2) is 11.2 Å². The van der Waals surface area contributed by atoms with Crippen LogP contribution in [0.1, 0.15) is 18.9 Å². The van der Waals surface area contributed by atoms with Crippen molar-refractivity contribution in [3.8, 4) is 0 Å². The topological polar surface area (TPSA) is 33.4 Å². The van der Waals surface area contributed by atoms with Gasteiger partial charge in [0.2, 0.25) is 0 Å². The van der Waals surface area contributed by atoms with Crippen molar-refractivity contribution < 1.29 is 9.52 Å². The fourth-order valence-electron chi connectivity index (χ4n) is 0.852. The van der Waals surface area contributed by atoms with Crippen LogP contribution in [0.25, 0.3) is 0 Å². The highest BCUT2D eigenvalue weighted by molar-refractivity contribution is 9.10. The molecule has 3 heteroatoms. The molecule has 0 saturated carbocycles. The number of halogens is 1. The molecule has 1 aromatic heterocycles. The molecule has 0 radical (unpaired) electrons. The van der Waals surface area contributed by atoms with E-state index in [-0.39, 0.29) is 6.10 Å². The molecule has 1 rings (SSSR count). The number of hydrogen-bond donors (Lipinski definition) is 1. The Morgan fingerprint density at radius 3 is 2.91 bits per heavy atom. The summed E-state index contributed by atoms with van der Waals surface area (Å²) in [6.45, 7) is 1.79. The molecule has 1 unspecified atom stereocenters. The Morgan fingerprint density at radius 2 is 2.45 bits per heavy atom. The van der Waals surface area contributed by atoms with Crippen LogP contribution in [0.4, 0.5) is 0 Å². The minimum Gasteiger partial charge on any atom is -0.457 e. The molecule has 0 aliphatic heterocycles. The molecule has 0 spiro atoms. The predicted molar refractivity (Wildman–Crippen MR) is 46.4 cm³/mol. The zero-order valence-corrected chi connectivity index (χ0v) is 7.97. The fraction of sp³-hybridized carbons (Fsp3) is 0.500. The summed E-state index contributed by atoms with van der Waals surface area (Å²) in [6.07, 6.45) is 3.12. The zero-order chi connectivity index (χ0) is 8.27. The van der Waals surface area contributed by atoms with Crippen LogP contribution in [0.3, 0.4) is 0 Å². The minimum absolute atomic E-state index is 0.233. The van der Waals surface area contributed by atoms with Crippen LogP contribution >= 0.6 is 15.9 Å². The highest BCUT2D eigenvalue weighted by atomic mass is 79.9. The van der Waals surface area contributed by atoms with Crippen LogP contribution < -0.4 is 0 Å². The maximum absolute atomic E-state index is 8.98. The van der Waals surface area contributed by atoms with E-state index < -0.39 is 0 Å². The molecule has 62 valence electrons. The van der Waals surface area contributed by atoms with Crippen LogP contribution in [0.2, 0.25) is 0 Å². The first kappa shape index (κ1) is 8.81. The highest BCUT2D eigenvalue weighted by Gasteiger charge is 2.00. The van der Waals surface area contributed by atoms with Gasteiger partial charge in [-0.3, -0.25) is 0 Å². The molecule has 0 aliphatic rings. The van der Waals surface area contributed by atoms with Crippen molar-refractivity contribution >= 4 is 15.9 Å². The average molecular weight is 219 g/mol. The van der Waals surface area contributed by atoms with Gasteiger partial charge in [0, 0.05) is 0 Å². The van der Waals surface area contributed by atoms with Gasteiger partial charge in [-0.1, -0.05) is 0 Å². The summed E-state index contributed by atoms with van der Waals surface area (Å²) in [6, 6.07) is 1.92. The van der Waals surface area contributed by atoms with Crippen molar-refractivity contribution in [1.82, 2.24) is 0 Å². The van der Waals surface area contributed by atoms with E-state index in [9.17, 15) is 0 Å². The minimum atomic E-state index is -0.233. The third-order valence-electron chi connectivity index (χ3n) is 1.47. The van der Waals surface area contributed by atoms with E-state index in [1.54, 1.807) is 13.2 Å². The first-order chi connectivity index (χ1) is 5.18. The van der Waals surface area contributed by atoms with E-state index in [0.717, 1.165) is 23.1 Å². The summed E-state index contributed by atoms with van der Waals surface area (Å²) in [5.74, 6) is 0. The molecule has 2 nitrogen and oxygen atoms in total. The second kappa shape index (κ2) is 3.93. The third kappa shape index (κ3) is 3.08. The molecule has 1 N–H and O–H groups in total. The van der Waals surface area contributed by atoms with Crippen molar-refractivity contribution in [3.63, 3.8) is 0 Å². The monoisotopic (exact) mass is 218 g/mol. The Hall–Kier alpha value is -0.280. The second-order valence-corrected chi connectivity index (χ2v) is 3.43. The van der Waals surface area contributed by atoms with Gasteiger partial charge in [-0.25, -0.2) is 0 Å². The van der Waals surface area contributed by atoms with Gasteiger partial charge in [-0.15, -0.1) is 0 Å². The molecule has 0 saturated heterocycles.